The molecule has 0 radical (unpaired) electrons. The van der Waals surface area contributed by atoms with Crippen molar-refractivity contribution in [1.82, 2.24) is 9.88 Å². The maximum Gasteiger partial charge on any atom is 0.264 e. The van der Waals surface area contributed by atoms with E-state index in [4.69, 9.17) is 16.3 Å². The van der Waals surface area contributed by atoms with E-state index in [1.807, 2.05) is 35.4 Å². The number of nitrogens with zero attached hydrogens (tertiary/aromatic N) is 1. The predicted octanol–water partition coefficient (Wildman–Crippen LogP) is 3.34. The number of ether oxygens (including phenoxy) is 1. The van der Waals surface area contributed by atoms with E-state index in [-0.39, 0.29) is 11.9 Å². The van der Waals surface area contributed by atoms with Gasteiger partial charge < -0.3 is 14.6 Å². The van der Waals surface area contributed by atoms with Gasteiger partial charge in [0.05, 0.1) is 6.04 Å². The molecule has 4 nitrogen and oxygen atoms in total. The van der Waals surface area contributed by atoms with Crippen molar-refractivity contribution >= 4 is 17.5 Å². The van der Waals surface area contributed by atoms with Crippen LogP contribution < -0.4 is 4.74 Å². The Morgan fingerprint density at radius 2 is 2.27 bits per heavy atom. The molecule has 0 bridgehead atoms. The number of fused-ring (bicyclic) bond motifs is 1. The number of hydrogen-bond donors (Lipinski definition) is 1. The number of aromatic amines is 1. The third-order valence-corrected chi connectivity index (χ3v) is 4.72. The first-order valence-corrected chi connectivity index (χ1v) is 7.99. The molecule has 0 spiro atoms. The third-order valence-electron chi connectivity index (χ3n) is 4.49. The van der Waals surface area contributed by atoms with Gasteiger partial charge >= 0.3 is 0 Å². The fourth-order valence-corrected chi connectivity index (χ4v) is 3.64. The van der Waals surface area contributed by atoms with Crippen molar-refractivity contribution in [3.05, 3.63) is 52.8 Å². The molecule has 1 aromatic carbocycles. The number of amides is 1. The summed E-state index contributed by atoms with van der Waals surface area (Å²) in [6.45, 7) is 0.791. The molecule has 2 atom stereocenters. The second-order valence-electron chi connectivity index (χ2n) is 5.88. The summed E-state index contributed by atoms with van der Waals surface area (Å²) in [5, 5.41) is 0.681. The Balaban J connectivity index is 1.53. The maximum absolute atomic E-state index is 12.9. The zero-order valence-corrected chi connectivity index (χ0v) is 12.8. The lowest BCUT2D eigenvalue weighted by Gasteiger charge is -2.26. The standard InChI is InChI=1S/C17H17ClN2O2/c18-12-5-6-15-11(9-12)10-16(22-15)17(21)20-8-2-4-14(20)13-3-1-7-19-13/h1,3,5-7,9,14,16,19H,2,4,8,10H2/t14-,16+/m0/s1. The van der Waals surface area contributed by atoms with Crippen LogP contribution in [-0.2, 0) is 11.2 Å². The highest BCUT2D eigenvalue weighted by Gasteiger charge is 2.38. The first kappa shape index (κ1) is 13.7. The minimum absolute atomic E-state index is 0.0735. The molecule has 0 aliphatic carbocycles. The lowest BCUT2D eigenvalue weighted by molar-refractivity contribution is -0.139. The van der Waals surface area contributed by atoms with Crippen LogP contribution in [0.15, 0.2) is 36.5 Å². The Hall–Kier alpha value is -1.94. The molecule has 0 unspecified atom stereocenters. The summed E-state index contributed by atoms with van der Waals surface area (Å²) in [5.41, 5.74) is 2.12. The summed E-state index contributed by atoms with van der Waals surface area (Å²) in [5.74, 6) is 0.850. The van der Waals surface area contributed by atoms with E-state index in [1.165, 1.54) is 0 Å². The van der Waals surface area contributed by atoms with Crippen LogP contribution in [0.25, 0.3) is 0 Å². The Morgan fingerprint density at radius 3 is 3.09 bits per heavy atom. The van der Waals surface area contributed by atoms with Crippen LogP contribution in [0.1, 0.15) is 30.1 Å². The average Bonchev–Trinajstić information content (AvgIpc) is 3.24. The van der Waals surface area contributed by atoms with Crippen LogP contribution in [0.3, 0.4) is 0 Å². The van der Waals surface area contributed by atoms with Gasteiger partial charge in [-0.15, -0.1) is 0 Å². The van der Waals surface area contributed by atoms with E-state index in [0.717, 1.165) is 36.4 Å². The molecule has 114 valence electrons. The summed E-state index contributed by atoms with van der Waals surface area (Å²) >= 11 is 6.01. The summed E-state index contributed by atoms with van der Waals surface area (Å²) in [6, 6.07) is 9.68. The number of carbonyl (C=O) groups excluding carboxylic acids is 1. The van der Waals surface area contributed by atoms with Crippen LogP contribution in [0.2, 0.25) is 5.02 Å². The molecule has 2 aliphatic rings. The molecule has 5 heteroatoms. The van der Waals surface area contributed by atoms with Gasteiger partial charge in [-0.2, -0.15) is 0 Å². The molecule has 4 rings (SSSR count). The lowest BCUT2D eigenvalue weighted by atomic mass is 10.1. The monoisotopic (exact) mass is 316 g/mol. The molecule has 2 aliphatic heterocycles. The van der Waals surface area contributed by atoms with Crippen molar-refractivity contribution in [1.29, 1.82) is 0 Å². The Bertz CT molecular complexity index is 699. The quantitative estimate of drug-likeness (QED) is 0.923. The second-order valence-corrected chi connectivity index (χ2v) is 6.31. The van der Waals surface area contributed by atoms with Gasteiger partial charge in [-0.3, -0.25) is 4.79 Å². The van der Waals surface area contributed by atoms with Crippen LogP contribution in [-0.4, -0.2) is 28.4 Å². The number of nitrogens with one attached hydrogen (secondary N) is 1. The van der Waals surface area contributed by atoms with Crippen molar-refractivity contribution in [2.75, 3.05) is 6.54 Å². The van der Waals surface area contributed by atoms with Gasteiger partial charge in [0.25, 0.3) is 5.91 Å². The van der Waals surface area contributed by atoms with Gasteiger partial charge in [-0.25, -0.2) is 0 Å². The summed E-state index contributed by atoms with van der Waals surface area (Å²) in [7, 11) is 0. The van der Waals surface area contributed by atoms with Crippen molar-refractivity contribution in [3.8, 4) is 5.75 Å². The van der Waals surface area contributed by atoms with E-state index in [9.17, 15) is 4.79 Å². The summed E-state index contributed by atoms with van der Waals surface area (Å²) < 4.78 is 5.84. The summed E-state index contributed by atoms with van der Waals surface area (Å²) in [4.78, 5) is 18.0. The topological polar surface area (TPSA) is 45.3 Å². The lowest BCUT2D eigenvalue weighted by Crippen LogP contribution is -2.41. The number of benzene rings is 1. The van der Waals surface area contributed by atoms with Gasteiger partial charge in [0, 0.05) is 29.9 Å². The van der Waals surface area contributed by atoms with E-state index in [1.54, 1.807) is 6.07 Å². The predicted molar refractivity (Wildman–Crippen MR) is 84.1 cm³/mol. The van der Waals surface area contributed by atoms with Gasteiger partial charge in [-0.1, -0.05) is 11.6 Å². The molecule has 3 heterocycles. The van der Waals surface area contributed by atoms with Gasteiger partial charge in [-0.05, 0) is 48.7 Å². The second kappa shape index (κ2) is 5.36. The van der Waals surface area contributed by atoms with Crippen molar-refractivity contribution < 1.29 is 9.53 Å². The molecule has 2 aromatic rings. The Kier molecular flexibility index (Phi) is 3.34. The molecule has 22 heavy (non-hydrogen) atoms. The highest BCUT2D eigenvalue weighted by Crippen LogP contribution is 2.35. The minimum Gasteiger partial charge on any atom is -0.480 e. The largest absolute Gasteiger partial charge is 0.480 e. The van der Waals surface area contributed by atoms with Gasteiger partial charge in [0.15, 0.2) is 6.10 Å². The Labute approximate surface area is 134 Å². The molecular formula is C17H17ClN2O2. The fourth-order valence-electron chi connectivity index (χ4n) is 3.45. The molecule has 1 aromatic heterocycles. The number of hydrogen-bond acceptors (Lipinski definition) is 2. The van der Waals surface area contributed by atoms with Gasteiger partial charge in [0.1, 0.15) is 5.75 Å². The average molecular weight is 317 g/mol. The zero-order valence-electron chi connectivity index (χ0n) is 12.1. The highest BCUT2D eigenvalue weighted by molar-refractivity contribution is 6.30. The highest BCUT2D eigenvalue weighted by atomic mass is 35.5. The molecule has 0 saturated carbocycles. The number of rotatable bonds is 2. The zero-order chi connectivity index (χ0) is 15.1. The van der Waals surface area contributed by atoms with Crippen molar-refractivity contribution in [3.63, 3.8) is 0 Å². The number of aromatic nitrogens is 1. The molecule has 1 amide bonds. The van der Waals surface area contributed by atoms with E-state index < -0.39 is 6.10 Å². The number of carbonyl (C=O) groups is 1. The van der Waals surface area contributed by atoms with Crippen LogP contribution in [0.5, 0.6) is 5.75 Å². The molecule has 1 fully saturated rings. The first-order valence-electron chi connectivity index (χ1n) is 7.61. The SMILES string of the molecule is O=C([C@H]1Cc2cc(Cl)ccc2O1)N1CCC[C@H]1c1ccc[nH]1. The third kappa shape index (κ3) is 2.28. The summed E-state index contributed by atoms with van der Waals surface area (Å²) in [6.07, 6.45) is 4.10. The fraction of sp³-hybridized carbons (Fsp3) is 0.353. The Morgan fingerprint density at radius 1 is 1.36 bits per heavy atom. The number of H-pyrrole nitrogens is 1. The smallest absolute Gasteiger partial charge is 0.264 e. The molecular weight excluding hydrogens is 300 g/mol. The first-order chi connectivity index (χ1) is 10.7. The normalized spacial score (nSPS) is 23.4. The minimum atomic E-state index is -0.427. The van der Waals surface area contributed by atoms with Crippen LogP contribution >= 0.6 is 11.6 Å². The van der Waals surface area contributed by atoms with Crippen LogP contribution in [0, 0.1) is 0 Å². The van der Waals surface area contributed by atoms with Crippen molar-refractivity contribution in [2.24, 2.45) is 0 Å². The van der Waals surface area contributed by atoms with Gasteiger partial charge in [0.2, 0.25) is 0 Å². The molecule has 1 N–H and O–H groups in total. The van der Waals surface area contributed by atoms with E-state index >= 15 is 0 Å². The number of halogens is 1. The van der Waals surface area contributed by atoms with E-state index in [2.05, 4.69) is 4.98 Å². The maximum atomic E-state index is 12.9. The number of likely N-dealkylation sites (tertiary alicyclic amines) is 1. The van der Waals surface area contributed by atoms with Crippen LogP contribution in [0.4, 0.5) is 0 Å². The van der Waals surface area contributed by atoms with E-state index in [0.29, 0.717) is 11.4 Å². The van der Waals surface area contributed by atoms with Crippen molar-refractivity contribution in [2.45, 2.75) is 31.4 Å². The molecule has 1 saturated heterocycles.